The van der Waals surface area contributed by atoms with Gasteiger partial charge in [0.15, 0.2) is 0 Å². The highest BCUT2D eigenvalue weighted by Crippen LogP contribution is 2.15. The van der Waals surface area contributed by atoms with Crippen molar-refractivity contribution in [3.8, 4) is 0 Å². The molecule has 98 valence electrons. The molecule has 2 rings (SSSR count). The van der Waals surface area contributed by atoms with E-state index in [1.807, 2.05) is 31.2 Å². The number of benzene rings is 1. The maximum atomic E-state index is 12.0. The van der Waals surface area contributed by atoms with E-state index in [4.69, 9.17) is 17.3 Å². The zero-order chi connectivity index (χ0) is 13.8. The van der Waals surface area contributed by atoms with Gasteiger partial charge in [-0.25, -0.2) is 4.98 Å². The minimum Gasteiger partial charge on any atom is -0.323 e. The van der Waals surface area contributed by atoms with Crippen molar-refractivity contribution in [1.82, 2.24) is 4.98 Å². The molecule has 0 spiro atoms. The normalized spacial score (nSPS) is 11.9. The Morgan fingerprint density at radius 1 is 1.26 bits per heavy atom. The predicted molar refractivity (Wildman–Crippen MR) is 76.0 cm³/mol. The van der Waals surface area contributed by atoms with Crippen molar-refractivity contribution in [1.29, 1.82) is 0 Å². The number of carbonyl (C=O) groups is 1. The number of nitrogens with zero attached hydrogens (tertiary/aromatic N) is 1. The summed E-state index contributed by atoms with van der Waals surface area (Å²) in [4.78, 5) is 15.9. The number of nitrogens with one attached hydrogen (secondary N) is 1. The fraction of sp³-hybridized carbons (Fsp3) is 0.143. The first-order valence-electron chi connectivity index (χ1n) is 5.81. The fourth-order valence-corrected chi connectivity index (χ4v) is 1.71. The first-order chi connectivity index (χ1) is 9.06. The minimum absolute atomic E-state index is 0.284. The van der Waals surface area contributed by atoms with Gasteiger partial charge in [-0.15, -0.1) is 0 Å². The number of aromatic nitrogens is 1. The van der Waals surface area contributed by atoms with Crippen LogP contribution in [0.5, 0.6) is 0 Å². The number of hydrogen-bond donors (Lipinski definition) is 2. The van der Waals surface area contributed by atoms with Gasteiger partial charge in [-0.1, -0.05) is 41.4 Å². The summed E-state index contributed by atoms with van der Waals surface area (Å²) in [7, 11) is 0. The SMILES string of the molecule is Cc1ccc(C(N)C(=O)Nc2ccc(Cl)nc2)cc1. The molecular formula is C14H14ClN3O. The van der Waals surface area contributed by atoms with Crippen molar-refractivity contribution in [3.05, 3.63) is 58.9 Å². The highest BCUT2D eigenvalue weighted by Gasteiger charge is 2.15. The third-order valence-electron chi connectivity index (χ3n) is 2.71. The lowest BCUT2D eigenvalue weighted by Crippen LogP contribution is -2.27. The Balaban J connectivity index is 2.07. The van der Waals surface area contributed by atoms with Crippen LogP contribution in [0.25, 0.3) is 0 Å². The Morgan fingerprint density at radius 3 is 2.53 bits per heavy atom. The molecule has 5 heteroatoms. The Hall–Kier alpha value is -1.91. The van der Waals surface area contributed by atoms with Gasteiger partial charge in [0.1, 0.15) is 11.2 Å². The molecule has 2 aromatic rings. The number of aryl methyl sites for hydroxylation is 1. The standard InChI is InChI=1S/C14H14ClN3O/c1-9-2-4-10(5-3-9)13(16)14(19)18-11-6-7-12(15)17-8-11/h2-8,13H,16H2,1H3,(H,18,19). The summed E-state index contributed by atoms with van der Waals surface area (Å²) in [6.07, 6.45) is 1.49. The molecule has 0 fully saturated rings. The number of carbonyl (C=O) groups excluding carboxylic acids is 1. The molecule has 0 saturated carbocycles. The van der Waals surface area contributed by atoms with Crippen LogP contribution in [0.2, 0.25) is 5.15 Å². The van der Waals surface area contributed by atoms with E-state index in [-0.39, 0.29) is 5.91 Å². The lowest BCUT2D eigenvalue weighted by atomic mass is 10.1. The largest absolute Gasteiger partial charge is 0.323 e. The molecule has 1 heterocycles. The average molecular weight is 276 g/mol. The summed E-state index contributed by atoms with van der Waals surface area (Å²) in [5.41, 5.74) is 8.37. The summed E-state index contributed by atoms with van der Waals surface area (Å²) >= 11 is 5.67. The molecule has 1 aromatic heterocycles. The summed E-state index contributed by atoms with van der Waals surface area (Å²) in [6.45, 7) is 1.98. The van der Waals surface area contributed by atoms with E-state index < -0.39 is 6.04 Å². The molecule has 1 amide bonds. The van der Waals surface area contributed by atoms with Crippen LogP contribution in [0.15, 0.2) is 42.6 Å². The molecule has 1 atom stereocenters. The predicted octanol–water partition coefficient (Wildman–Crippen LogP) is 2.68. The molecule has 1 aromatic carbocycles. The molecule has 0 aliphatic rings. The van der Waals surface area contributed by atoms with Crippen molar-refractivity contribution >= 4 is 23.2 Å². The second kappa shape index (κ2) is 5.82. The van der Waals surface area contributed by atoms with Crippen molar-refractivity contribution in [3.63, 3.8) is 0 Å². The van der Waals surface area contributed by atoms with Crippen molar-refractivity contribution in [2.24, 2.45) is 5.73 Å². The maximum Gasteiger partial charge on any atom is 0.245 e. The number of nitrogens with two attached hydrogens (primary N) is 1. The van der Waals surface area contributed by atoms with Gasteiger partial charge in [0.25, 0.3) is 0 Å². The van der Waals surface area contributed by atoms with E-state index >= 15 is 0 Å². The van der Waals surface area contributed by atoms with Gasteiger partial charge >= 0.3 is 0 Å². The van der Waals surface area contributed by atoms with Crippen LogP contribution >= 0.6 is 11.6 Å². The zero-order valence-corrected chi connectivity index (χ0v) is 11.2. The Kier molecular flexibility index (Phi) is 4.14. The molecule has 0 bridgehead atoms. The topological polar surface area (TPSA) is 68.0 Å². The van der Waals surface area contributed by atoms with Gasteiger partial charge in [0, 0.05) is 0 Å². The zero-order valence-electron chi connectivity index (χ0n) is 10.4. The van der Waals surface area contributed by atoms with Crippen molar-refractivity contribution in [2.75, 3.05) is 5.32 Å². The average Bonchev–Trinajstić information content (AvgIpc) is 2.41. The van der Waals surface area contributed by atoms with E-state index in [1.54, 1.807) is 12.1 Å². The van der Waals surface area contributed by atoms with Crippen LogP contribution in [0.3, 0.4) is 0 Å². The number of anilines is 1. The molecule has 19 heavy (non-hydrogen) atoms. The summed E-state index contributed by atoms with van der Waals surface area (Å²) in [5, 5.41) is 3.07. The van der Waals surface area contributed by atoms with Crippen LogP contribution in [-0.2, 0) is 4.79 Å². The van der Waals surface area contributed by atoms with Gasteiger partial charge in [0.05, 0.1) is 11.9 Å². The van der Waals surface area contributed by atoms with Gasteiger partial charge < -0.3 is 11.1 Å². The number of hydrogen-bond acceptors (Lipinski definition) is 3. The third-order valence-corrected chi connectivity index (χ3v) is 2.94. The van der Waals surface area contributed by atoms with Crippen LogP contribution in [0.1, 0.15) is 17.2 Å². The number of amides is 1. The molecular weight excluding hydrogens is 262 g/mol. The monoisotopic (exact) mass is 275 g/mol. The number of halogens is 1. The molecule has 4 nitrogen and oxygen atoms in total. The molecule has 3 N–H and O–H groups in total. The molecule has 0 radical (unpaired) electrons. The Morgan fingerprint density at radius 2 is 1.95 bits per heavy atom. The van der Waals surface area contributed by atoms with Crippen LogP contribution in [0.4, 0.5) is 5.69 Å². The second-order valence-corrected chi connectivity index (χ2v) is 4.63. The Bertz CT molecular complexity index is 566. The number of pyridine rings is 1. The quantitative estimate of drug-likeness (QED) is 0.846. The smallest absolute Gasteiger partial charge is 0.245 e. The van der Waals surface area contributed by atoms with Gasteiger partial charge in [-0.3, -0.25) is 4.79 Å². The minimum atomic E-state index is -0.712. The molecule has 1 unspecified atom stereocenters. The van der Waals surface area contributed by atoms with Gasteiger partial charge in [0.2, 0.25) is 5.91 Å². The first-order valence-corrected chi connectivity index (χ1v) is 6.18. The van der Waals surface area contributed by atoms with E-state index in [2.05, 4.69) is 10.3 Å². The highest BCUT2D eigenvalue weighted by molar-refractivity contribution is 6.29. The van der Waals surface area contributed by atoms with Crippen LogP contribution in [0, 0.1) is 6.92 Å². The van der Waals surface area contributed by atoms with Gasteiger partial charge in [-0.2, -0.15) is 0 Å². The summed E-state index contributed by atoms with van der Waals surface area (Å²) in [5.74, 6) is -0.284. The molecule has 0 aliphatic carbocycles. The highest BCUT2D eigenvalue weighted by atomic mass is 35.5. The summed E-state index contributed by atoms with van der Waals surface area (Å²) < 4.78 is 0. The molecule has 0 saturated heterocycles. The van der Waals surface area contributed by atoms with E-state index in [0.29, 0.717) is 10.8 Å². The fourth-order valence-electron chi connectivity index (χ4n) is 1.59. The number of rotatable bonds is 3. The lowest BCUT2D eigenvalue weighted by Gasteiger charge is -2.12. The maximum absolute atomic E-state index is 12.0. The van der Waals surface area contributed by atoms with Crippen molar-refractivity contribution in [2.45, 2.75) is 13.0 Å². The van der Waals surface area contributed by atoms with E-state index in [0.717, 1.165) is 11.1 Å². The lowest BCUT2D eigenvalue weighted by molar-refractivity contribution is -0.117. The van der Waals surface area contributed by atoms with Crippen LogP contribution in [-0.4, -0.2) is 10.9 Å². The molecule has 0 aliphatic heterocycles. The third kappa shape index (κ3) is 3.53. The first kappa shape index (κ1) is 13.5. The van der Waals surface area contributed by atoms with Gasteiger partial charge in [-0.05, 0) is 24.6 Å². The summed E-state index contributed by atoms with van der Waals surface area (Å²) in [6, 6.07) is 10.1. The second-order valence-electron chi connectivity index (χ2n) is 4.25. The Labute approximate surface area is 116 Å². The van der Waals surface area contributed by atoms with Crippen LogP contribution < -0.4 is 11.1 Å². The van der Waals surface area contributed by atoms with E-state index in [1.165, 1.54) is 6.20 Å². The van der Waals surface area contributed by atoms with Crippen molar-refractivity contribution < 1.29 is 4.79 Å². The van der Waals surface area contributed by atoms with E-state index in [9.17, 15) is 4.79 Å².